The lowest BCUT2D eigenvalue weighted by molar-refractivity contribution is -0.332. The van der Waals surface area contributed by atoms with Crippen LogP contribution in [0.25, 0.3) is 0 Å². The lowest BCUT2D eigenvalue weighted by Crippen LogP contribution is -2.61. The molecule has 15 nitrogen and oxygen atoms in total. The fourth-order valence-corrected chi connectivity index (χ4v) is 6.73. The molecule has 63 heavy (non-hydrogen) atoms. The summed E-state index contributed by atoms with van der Waals surface area (Å²) >= 11 is 0. The zero-order valence-corrected chi connectivity index (χ0v) is 37.5. The highest BCUT2D eigenvalue weighted by Gasteiger charge is 2.47. The average molecular weight is 895 g/mol. The van der Waals surface area contributed by atoms with E-state index in [0.717, 1.165) is 77.0 Å². The van der Waals surface area contributed by atoms with Gasteiger partial charge in [0.15, 0.2) is 18.7 Å². The fourth-order valence-electron chi connectivity index (χ4n) is 6.73. The van der Waals surface area contributed by atoms with Crippen LogP contribution in [0, 0.1) is 0 Å². The van der Waals surface area contributed by atoms with Gasteiger partial charge in [-0.1, -0.05) is 125 Å². The van der Waals surface area contributed by atoms with Gasteiger partial charge < -0.3 is 64.2 Å². The largest absolute Gasteiger partial charge is 0.462 e. The summed E-state index contributed by atoms with van der Waals surface area (Å²) in [5.74, 6) is -0.990. The van der Waals surface area contributed by atoms with Crippen molar-refractivity contribution in [2.75, 3.05) is 26.4 Å². The monoisotopic (exact) mass is 895 g/mol. The van der Waals surface area contributed by atoms with Crippen molar-refractivity contribution < 1.29 is 73.8 Å². The normalized spacial score (nSPS) is 27.5. The molecule has 0 radical (unpaired) electrons. The second kappa shape index (κ2) is 35.2. The third-order valence-corrected chi connectivity index (χ3v) is 10.5. The Kier molecular flexibility index (Phi) is 31.4. The van der Waals surface area contributed by atoms with Gasteiger partial charge in [0.1, 0.15) is 55.4 Å². The molecule has 2 aliphatic heterocycles. The predicted molar refractivity (Wildman–Crippen MR) is 238 cm³/mol. The minimum Gasteiger partial charge on any atom is -0.462 e. The highest BCUT2D eigenvalue weighted by molar-refractivity contribution is 5.70. The Morgan fingerprint density at radius 1 is 0.524 bits per heavy atom. The number of aliphatic hydroxyl groups is 7. The number of hydrogen-bond donors (Lipinski definition) is 7. The molecule has 0 saturated carbocycles. The number of carbonyl (C=O) groups is 2. The van der Waals surface area contributed by atoms with Gasteiger partial charge in [-0.15, -0.1) is 0 Å². The molecule has 0 aromatic carbocycles. The lowest BCUT2D eigenvalue weighted by Gasteiger charge is -2.42. The number of allylic oxidation sites excluding steroid dienone is 12. The molecule has 0 spiro atoms. The Labute approximate surface area is 374 Å². The van der Waals surface area contributed by atoms with E-state index in [1.54, 1.807) is 0 Å². The summed E-state index contributed by atoms with van der Waals surface area (Å²) in [6.45, 7) is 2.25. The van der Waals surface area contributed by atoms with E-state index in [-0.39, 0.29) is 19.4 Å². The molecule has 0 amide bonds. The number of carbonyl (C=O) groups excluding carboxylic acids is 2. The van der Waals surface area contributed by atoms with E-state index in [9.17, 15) is 45.3 Å². The molecule has 360 valence electrons. The van der Waals surface area contributed by atoms with Gasteiger partial charge in [0.25, 0.3) is 0 Å². The van der Waals surface area contributed by atoms with Crippen molar-refractivity contribution in [2.45, 2.75) is 191 Å². The third-order valence-electron chi connectivity index (χ3n) is 10.5. The van der Waals surface area contributed by atoms with Gasteiger partial charge in [-0.2, -0.15) is 0 Å². The first-order valence-corrected chi connectivity index (χ1v) is 23.1. The fraction of sp³-hybridized carbons (Fsp3) is 0.708. The predicted octanol–water partition coefficient (Wildman–Crippen LogP) is 5.09. The molecule has 0 aromatic rings. The van der Waals surface area contributed by atoms with Gasteiger partial charge in [0, 0.05) is 12.8 Å². The highest BCUT2D eigenvalue weighted by atomic mass is 16.7. The van der Waals surface area contributed by atoms with Crippen LogP contribution in [-0.4, -0.2) is 142 Å². The first-order valence-electron chi connectivity index (χ1n) is 23.1. The summed E-state index contributed by atoms with van der Waals surface area (Å²) in [5, 5.41) is 71.9. The van der Waals surface area contributed by atoms with E-state index in [0.29, 0.717) is 12.8 Å². The highest BCUT2D eigenvalue weighted by Crippen LogP contribution is 2.26. The number of aliphatic hydroxyl groups excluding tert-OH is 7. The Morgan fingerprint density at radius 2 is 1.03 bits per heavy atom. The van der Waals surface area contributed by atoms with Crippen LogP contribution in [0.4, 0.5) is 0 Å². The van der Waals surface area contributed by atoms with Gasteiger partial charge >= 0.3 is 11.9 Å². The Hall–Kier alpha value is -3.06. The minimum absolute atomic E-state index is 0.113. The van der Waals surface area contributed by atoms with Crippen LogP contribution in [0.5, 0.6) is 0 Å². The van der Waals surface area contributed by atoms with E-state index in [4.69, 9.17) is 28.4 Å². The molecule has 11 atom stereocenters. The van der Waals surface area contributed by atoms with Crippen LogP contribution < -0.4 is 0 Å². The minimum atomic E-state index is -1.78. The summed E-state index contributed by atoms with van der Waals surface area (Å²) < 4.78 is 33.4. The van der Waals surface area contributed by atoms with E-state index >= 15 is 0 Å². The van der Waals surface area contributed by atoms with Crippen LogP contribution in [0.1, 0.15) is 123 Å². The molecule has 2 aliphatic rings. The molecule has 0 aliphatic carbocycles. The number of esters is 2. The zero-order chi connectivity index (χ0) is 46.1. The van der Waals surface area contributed by atoms with Crippen molar-refractivity contribution in [3.63, 3.8) is 0 Å². The van der Waals surface area contributed by atoms with Crippen molar-refractivity contribution >= 4 is 11.9 Å². The summed E-state index contributed by atoms with van der Waals surface area (Å²) in [6.07, 6.45) is 22.3. The maximum Gasteiger partial charge on any atom is 0.306 e. The Morgan fingerprint density at radius 3 is 1.68 bits per heavy atom. The van der Waals surface area contributed by atoms with Crippen LogP contribution >= 0.6 is 0 Å². The van der Waals surface area contributed by atoms with Crippen molar-refractivity contribution in [1.82, 2.24) is 0 Å². The first kappa shape index (κ1) is 56.1. The number of unbranched alkanes of at least 4 members (excludes halogenated alkanes) is 10. The van der Waals surface area contributed by atoms with Crippen LogP contribution in [-0.2, 0) is 38.0 Å². The molecule has 2 rings (SSSR count). The molecule has 7 N–H and O–H groups in total. The lowest BCUT2D eigenvalue weighted by atomic mass is 9.98. The van der Waals surface area contributed by atoms with Gasteiger partial charge in [-0.25, -0.2) is 0 Å². The molecule has 2 saturated heterocycles. The van der Waals surface area contributed by atoms with Gasteiger partial charge in [0.2, 0.25) is 0 Å². The number of rotatable bonds is 33. The molecular formula is C48H78O15. The molecule has 0 bridgehead atoms. The first-order chi connectivity index (χ1) is 30.5. The summed E-state index contributed by atoms with van der Waals surface area (Å²) in [7, 11) is 0. The Bertz CT molecular complexity index is 1380. The van der Waals surface area contributed by atoms with Gasteiger partial charge in [-0.05, 0) is 57.8 Å². The second-order valence-corrected chi connectivity index (χ2v) is 15.9. The molecule has 2 heterocycles. The summed E-state index contributed by atoms with van der Waals surface area (Å²) in [5.41, 5.74) is 0. The van der Waals surface area contributed by atoms with Gasteiger partial charge in [-0.3, -0.25) is 9.59 Å². The van der Waals surface area contributed by atoms with Crippen molar-refractivity contribution in [2.24, 2.45) is 0 Å². The van der Waals surface area contributed by atoms with Crippen molar-refractivity contribution in [1.29, 1.82) is 0 Å². The third kappa shape index (κ3) is 24.2. The van der Waals surface area contributed by atoms with Crippen LogP contribution in [0.3, 0.4) is 0 Å². The zero-order valence-electron chi connectivity index (χ0n) is 37.5. The standard InChI is InChI=1S/C48H78O15/c1-3-5-7-9-11-13-15-17-19-20-22-24-26-28-30-39(50)58-33-36(61-40(51)31-29-27-25-23-21-18-16-14-12-10-8-6-4-2)34-59-47-46(57)44(55)42(53)38(63-47)35-60-48-45(56)43(54)41(52)37(32-49)62-48/h5-8,10-14,16,18,21,36-38,41-49,52-57H,3-4,9,15,17,19-20,22-35H2,1-2H3/b7-5+,8-6+,12-10+,13-11+,16-14+,21-18+/t36?,37-,38-,41+,42+,43?,44?,45?,46?,47-,48-/m1/s1. The Balaban J connectivity index is 1.87. The average Bonchev–Trinajstić information content (AvgIpc) is 3.28. The molecule has 15 heteroatoms. The smallest absolute Gasteiger partial charge is 0.306 e. The maximum atomic E-state index is 12.9. The SMILES string of the molecule is CC/C=C/C=C/C=C/C=C/CCCCCC(=O)OC(COC(=O)CCCCCCCCC/C=C/C/C=C/CC)CO[C@@H]1O[C@H](CO[C@@H]2O[C@H](CO)[C@H](O)C(O)C2O)[C@H](O)C(O)C1O. The maximum absolute atomic E-state index is 12.9. The van der Waals surface area contributed by atoms with Crippen molar-refractivity contribution in [3.8, 4) is 0 Å². The summed E-state index contributed by atoms with van der Waals surface area (Å²) in [4.78, 5) is 25.6. The van der Waals surface area contributed by atoms with Crippen molar-refractivity contribution in [3.05, 3.63) is 72.9 Å². The second-order valence-electron chi connectivity index (χ2n) is 15.9. The summed E-state index contributed by atoms with van der Waals surface area (Å²) in [6, 6.07) is 0. The number of hydrogen-bond acceptors (Lipinski definition) is 15. The van der Waals surface area contributed by atoms with Crippen LogP contribution in [0.2, 0.25) is 0 Å². The topological polar surface area (TPSA) is 231 Å². The molecule has 0 aromatic heterocycles. The van der Waals surface area contributed by atoms with Crippen LogP contribution in [0.15, 0.2) is 72.9 Å². The quantitative estimate of drug-likeness (QED) is 0.0197. The molecule has 5 unspecified atom stereocenters. The van der Waals surface area contributed by atoms with E-state index in [1.165, 1.54) is 6.42 Å². The van der Waals surface area contributed by atoms with Gasteiger partial charge in [0.05, 0.1) is 19.8 Å². The van der Waals surface area contributed by atoms with E-state index in [1.807, 2.05) is 36.5 Å². The molecular weight excluding hydrogens is 817 g/mol. The van der Waals surface area contributed by atoms with E-state index in [2.05, 4.69) is 50.3 Å². The number of ether oxygens (including phenoxy) is 6. The van der Waals surface area contributed by atoms with E-state index < -0.39 is 99.3 Å². The molecule has 2 fully saturated rings.